The van der Waals surface area contributed by atoms with E-state index in [-0.39, 0.29) is 18.9 Å². The van der Waals surface area contributed by atoms with Crippen LogP contribution < -0.4 is 5.32 Å². The van der Waals surface area contributed by atoms with E-state index in [9.17, 15) is 20.1 Å². The second-order valence-corrected chi connectivity index (χ2v) is 17.4. The van der Waals surface area contributed by atoms with Crippen molar-refractivity contribution in [1.29, 1.82) is 0 Å². The van der Waals surface area contributed by atoms with E-state index in [0.29, 0.717) is 6.42 Å². The minimum Gasteiger partial charge on any atom is -0.394 e. The molecule has 0 saturated carbocycles. The zero-order chi connectivity index (χ0) is 40.8. The smallest absolute Gasteiger partial charge is 0.222 e. The van der Waals surface area contributed by atoms with Crippen LogP contribution in [0.5, 0.6) is 0 Å². The lowest BCUT2D eigenvalue weighted by atomic mass is 10.0. The largest absolute Gasteiger partial charge is 0.394 e. The van der Waals surface area contributed by atoms with Crippen LogP contribution in [0.2, 0.25) is 0 Å². The van der Waals surface area contributed by atoms with Crippen LogP contribution in [0, 0.1) is 0 Å². The molecule has 0 aliphatic heterocycles. The van der Waals surface area contributed by atoms with Crippen molar-refractivity contribution >= 4 is 5.91 Å². The zero-order valence-electron chi connectivity index (χ0n) is 37.8. The van der Waals surface area contributed by atoms with E-state index in [2.05, 4.69) is 31.3 Å². The van der Waals surface area contributed by atoms with E-state index in [4.69, 9.17) is 0 Å². The van der Waals surface area contributed by atoms with E-state index in [1.54, 1.807) is 6.08 Å². The maximum Gasteiger partial charge on any atom is 0.222 e. The van der Waals surface area contributed by atoms with Crippen LogP contribution >= 0.6 is 0 Å². The Kier molecular flexibility index (Phi) is 45.5. The number of hydrogen-bond acceptors (Lipinski definition) is 4. The number of nitrogens with one attached hydrogen (secondary N) is 1. The van der Waals surface area contributed by atoms with Gasteiger partial charge in [0.25, 0.3) is 0 Å². The highest BCUT2D eigenvalue weighted by molar-refractivity contribution is 5.76. The number of allylic oxidation sites excluding steroid dienone is 3. The molecule has 5 heteroatoms. The molecule has 0 fully saturated rings. The van der Waals surface area contributed by atoms with Gasteiger partial charge in [-0.25, -0.2) is 0 Å². The monoisotopic (exact) mass is 790 g/mol. The fourth-order valence-electron chi connectivity index (χ4n) is 7.87. The van der Waals surface area contributed by atoms with Gasteiger partial charge in [0.1, 0.15) is 0 Å². The minimum absolute atomic E-state index is 0.0150. The van der Waals surface area contributed by atoms with Crippen molar-refractivity contribution in [3.05, 3.63) is 24.3 Å². The third-order valence-electron chi connectivity index (χ3n) is 11.7. The zero-order valence-corrected chi connectivity index (χ0v) is 37.8. The Morgan fingerprint density at radius 3 is 1.09 bits per heavy atom. The summed E-state index contributed by atoms with van der Waals surface area (Å²) in [6, 6.07) is -0.742. The van der Waals surface area contributed by atoms with Crippen molar-refractivity contribution in [3.8, 4) is 0 Å². The van der Waals surface area contributed by atoms with Gasteiger partial charge in [-0.3, -0.25) is 4.79 Å². The predicted molar refractivity (Wildman–Crippen MR) is 245 cm³/mol. The lowest BCUT2D eigenvalue weighted by Crippen LogP contribution is -2.45. The van der Waals surface area contributed by atoms with Gasteiger partial charge < -0.3 is 20.6 Å². The summed E-state index contributed by atoms with van der Waals surface area (Å²) < 4.78 is 0. The Balaban J connectivity index is 3.57. The molecule has 3 atom stereocenters. The van der Waals surface area contributed by atoms with Crippen molar-refractivity contribution in [2.75, 3.05) is 6.61 Å². The van der Waals surface area contributed by atoms with Gasteiger partial charge in [0.05, 0.1) is 31.3 Å². The summed E-state index contributed by atoms with van der Waals surface area (Å²) >= 11 is 0. The summed E-state index contributed by atoms with van der Waals surface area (Å²) in [5.74, 6) is -0.314. The normalized spacial score (nSPS) is 13.6. The summed E-state index contributed by atoms with van der Waals surface area (Å²) in [7, 11) is 0. The topological polar surface area (TPSA) is 89.8 Å². The summed E-state index contributed by atoms with van der Waals surface area (Å²) in [5, 5.41) is 33.3. The summed E-state index contributed by atoms with van der Waals surface area (Å²) in [6.45, 7) is 4.23. The van der Waals surface area contributed by atoms with Gasteiger partial charge in [-0.2, -0.15) is 0 Å². The number of rotatable bonds is 46. The maximum atomic E-state index is 12.5. The number of aliphatic hydroxyl groups excluding tert-OH is 3. The standard InChI is InChI=1S/C51H99NO4/c1-3-5-7-9-11-13-15-17-19-20-21-22-23-24-25-26-27-28-29-31-32-34-36-38-40-42-44-48(54)46-51(56)52-49(47-53)50(55)45-43-41-39-37-35-33-30-18-16-14-12-10-8-6-4-2/h24-25,43,45,48-50,53-55H,3-23,26-42,44,46-47H2,1-2H3,(H,52,56)/b25-24-,45-43+. The number of hydrogen-bond donors (Lipinski definition) is 4. The molecular weight excluding hydrogens is 691 g/mol. The van der Waals surface area contributed by atoms with Gasteiger partial charge in [0.2, 0.25) is 5.91 Å². The van der Waals surface area contributed by atoms with Crippen molar-refractivity contribution in [3.63, 3.8) is 0 Å². The summed E-state index contributed by atoms with van der Waals surface area (Å²) in [4.78, 5) is 12.5. The number of unbranched alkanes of at least 4 members (excludes halogenated alkanes) is 35. The molecule has 5 nitrogen and oxygen atoms in total. The van der Waals surface area contributed by atoms with E-state index in [1.165, 1.54) is 218 Å². The van der Waals surface area contributed by atoms with Gasteiger partial charge >= 0.3 is 0 Å². The Morgan fingerprint density at radius 2 is 0.750 bits per heavy atom. The molecule has 0 radical (unpaired) electrons. The van der Waals surface area contributed by atoms with Gasteiger partial charge in [0.15, 0.2) is 0 Å². The predicted octanol–water partition coefficient (Wildman–Crippen LogP) is 14.9. The van der Waals surface area contributed by atoms with E-state index < -0.39 is 18.2 Å². The molecule has 4 N–H and O–H groups in total. The molecular formula is C51H99NO4. The van der Waals surface area contributed by atoms with Gasteiger partial charge in [-0.1, -0.05) is 244 Å². The lowest BCUT2D eigenvalue weighted by Gasteiger charge is -2.21. The first-order chi connectivity index (χ1) is 27.5. The molecule has 332 valence electrons. The molecule has 0 aromatic carbocycles. The van der Waals surface area contributed by atoms with E-state index in [0.717, 1.165) is 25.7 Å². The highest BCUT2D eigenvalue weighted by atomic mass is 16.3. The maximum absolute atomic E-state index is 12.5. The highest BCUT2D eigenvalue weighted by Crippen LogP contribution is 2.16. The second kappa shape index (κ2) is 46.5. The molecule has 56 heavy (non-hydrogen) atoms. The van der Waals surface area contributed by atoms with Crippen LogP contribution in [0.3, 0.4) is 0 Å². The van der Waals surface area contributed by atoms with Gasteiger partial charge in [0, 0.05) is 0 Å². The molecule has 0 spiro atoms. The minimum atomic E-state index is -0.927. The number of amides is 1. The fraction of sp³-hybridized carbons (Fsp3) is 0.902. The van der Waals surface area contributed by atoms with Crippen molar-refractivity contribution in [2.45, 2.75) is 289 Å². The van der Waals surface area contributed by atoms with Crippen LogP contribution in [-0.4, -0.2) is 46.1 Å². The van der Waals surface area contributed by atoms with E-state index >= 15 is 0 Å². The van der Waals surface area contributed by atoms with Crippen molar-refractivity contribution in [1.82, 2.24) is 5.32 Å². The first-order valence-corrected chi connectivity index (χ1v) is 25.1. The molecule has 0 aliphatic carbocycles. The average Bonchev–Trinajstić information content (AvgIpc) is 3.19. The average molecular weight is 790 g/mol. The quantitative estimate of drug-likeness (QED) is 0.0365. The molecule has 0 rings (SSSR count). The molecule has 3 unspecified atom stereocenters. The lowest BCUT2D eigenvalue weighted by molar-refractivity contribution is -0.124. The molecule has 1 amide bonds. The Hall–Kier alpha value is -1.17. The third-order valence-corrected chi connectivity index (χ3v) is 11.7. The SMILES string of the molecule is CCCCCCCCCCCCCC/C=C\CCCCCCCCCCCCC(O)CC(=O)NC(CO)C(O)/C=C/CCCCCCCCCCCCCCC. The van der Waals surface area contributed by atoms with Crippen LogP contribution in [0.1, 0.15) is 271 Å². The summed E-state index contributed by atoms with van der Waals surface area (Å²) in [5.41, 5.74) is 0. The number of carbonyl (C=O) groups is 1. The van der Waals surface area contributed by atoms with Crippen molar-refractivity contribution < 1.29 is 20.1 Å². The molecule has 0 bridgehead atoms. The van der Waals surface area contributed by atoms with Crippen molar-refractivity contribution in [2.24, 2.45) is 0 Å². The third kappa shape index (κ3) is 42.4. The Labute approximate surface area is 350 Å². The molecule has 0 saturated heterocycles. The van der Waals surface area contributed by atoms with Gasteiger partial charge in [-0.15, -0.1) is 0 Å². The summed E-state index contributed by atoms with van der Waals surface area (Å²) in [6.07, 6.45) is 57.7. The first-order valence-electron chi connectivity index (χ1n) is 25.1. The number of aliphatic hydroxyl groups is 3. The van der Waals surface area contributed by atoms with Gasteiger partial charge in [-0.05, 0) is 44.9 Å². The Morgan fingerprint density at radius 1 is 0.446 bits per heavy atom. The first kappa shape index (κ1) is 54.8. The second-order valence-electron chi connectivity index (χ2n) is 17.4. The fourth-order valence-corrected chi connectivity index (χ4v) is 7.87. The molecule has 0 aromatic rings. The highest BCUT2D eigenvalue weighted by Gasteiger charge is 2.20. The van der Waals surface area contributed by atoms with Crippen LogP contribution in [0.15, 0.2) is 24.3 Å². The van der Waals surface area contributed by atoms with Crippen LogP contribution in [0.4, 0.5) is 0 Å². The van der Waals surface area contributed by atoms with E-state index in [1.807, 2.05) is 6.08 Å². The molecule has 0 heterocycles. The molecule has 0 aliphatic rings. The molecule has 0 aromatic heterocycles. The van der Waals surface area contributed by atoms with Crippen LogP contribution in [0.25, 0.3) is 0 Å². The van der Waals surface area contributed by atoms with Crippen LogP contribution in [-0.2, 0) is 4.79 Å². The Bertz CT molecular complexity index is 829. The number of carbonyl (C=O) groups excluding carboxylic acids is 1.